The maximum absolute atomic E-state index is 13.9. The standard InChI is InChI=1S/C30H36FNO5/c1-19-10-11-22(15-27(19)31)16-30(4,5)32-17-24(33)18-36-21(3)25-8-6-7-9-26(25)23-12-13-28(20(2)14-23)37-29(34)35/h6-15,21,24,32-33H,16-18H2,1-5H3,(H,34,35)/t21?,24-/m1/s1. The highest BCUT2D eigenvalue weighted by Crippen LogP contribution is 2.32. The molecule has 7 heteroatoms. The molecule has 2 atom stereocenters. The van der Waals surface area contributed by atoms with Crippen molar-refractivity contribution in [3.8, 4) is 16.9 Å². The lowest BCUT2D eigenvalue weighted by Crippen LogP contribution is -2.46. The van der Waals surface area contributed by atoms with E-state index in [0.29, 0.717) is 29.8 Å². The van der Waals surface area contributed by atoms with E-state index < -0.39 is 12.3 Å². The molecule has 0 aromatic heterocycles. The van der Waals surface area contributed by atoms with Crippen LogP contribution < -0.4 is 10.1 Å². The van der Waals surface area contributed by atoms with E-state index in [4.69, 9.17) is 14.6 Å². The Morgan fingerprint density at radius 3 is 2.46 bits per heavy atom. The minimum Gasteiger partial charge on any atom is -0.449 e. The number of aryl methyl sites for hydroxylation is 2. The van der Waals surface area contributed by atoms with Crippen LogP contribution in [-0.2, 0) is 11.2 Å². The summed E-state index contributed by atoms with van der Waals surface area (Å²) in [6, 6.07) is 18.4. The minimum atomic E-state index is -1.35. The Kier molecular flexibility index (Phi) is 9.43. The van der Waals surface area contributed by atoms with Gasteiger partial charge in [-0.05, 0) is 92.6 Å². The normalized spacial score (nSPS) is 13.3. The summed E-state index contributed by atoms with van der Waals surface area (Å²) in [5.41, 5.74) is 4.72. The number of halogens is 1. The van der Waals surface area contributed by atoms with Crippen LogP contribution in [0.5, 0.6) is 5.75 Å². The topological polar surface area (TPSA) is 88.0 Å². The number of carboxylic acid groups (broad SMARTS) is 1. The van der Waals surface area contributed by atoms with Gasteiger partial charge in [0.1, 0.15) is 11.6 Å². The van der Waals surface area contributed by atoms with Crippen LogP contribution in [0.25, 0.3) is 11.1 Å². The number of carbonyl (C=O) groups is 1. The highest BCUT2D eigenvalue weighted by atomic mass is 19.1. The number of ether oxygens (including phenoxy) is 2. The van der Waals surface area contributed by atoms with E-state index in [2.05, 4.69) is 5.32 Å². The molecule has 0 aliphatic heterocycles. The van der Waals surface area contributed by atoms with E-state index in [1.165, 1.54) is 0 Å². The number of aliphatic hydroxyl groups excluding tert-OH is 1. The molecule has 0 saturated carbocycles. The molecule has 3 N–H and O–H groups in total. The molecule has 0 heterocycles. The van der Waals surface area contributed by atoms with E-state index in [9.17, 15) is 14.3 Å². The summed E-state index contributed by atoms with van der Waals surface area (Å²) in [6.45, 7) is 9.99. The Hall–Kier alpha value is -3.26. The molecule has 0 fully saturated rings. The van der Waals surface area contributed by atoms with Gasteiger partial charge in [-0.2, -0.15) is 0 Å². The Balaban J connectivity index is 1.58. The molecule has 0 bridgehead atoms. The predicted octanol–water partition coefficient (Wildman–Crippen LogP) is 6.22. The fraction of sp³-hybridized carbons (Fsp3) is 0.367. The molecule has 3 aromatic rings. The Labute approximate surface area is 218 Å². The van der Waals surface area contributed by atoms with Crippen molar-refractivity contribution in [2.45, 2.75) is 58.8 Å². The molecular weight excluding hydrogens is 473 g/mol. The molecule has 0 spiro atoms. The zero-order valence-electron chi connectivity index (χ0n) is 22.0. The van der Waals surface area contributed by atoms with Crippen LogP contribution in [0.4, 0.5) is 9.18 Å². The summed E-state index contributed by atoms with van der Waals surface area (Å²) in [5, 5.41) is 22.8. The third-order valence-corrected chi connectivity index (χ3v) is 6.32. The van der Waals surface area contributed by atoms with Gasteiger partial charge in [0.15, 0.2) is 0 Å². The number of hydrogen-bond donors (Lipinski definition) is 3. The van der Waals surface area contributed by atoms with E-state index in [1.54, 1.807) is 32.0 Å². The van der Waals surface area contributed by atoms with Gasteiger partial charge >= 0.3 is 6.16 Å². The lowest BCUT2D eigenvalue weighted by Gasteiger charge is -2.28. The fourth-order valence-electron chi connectivity index (χ4n) is 4.26. The molecule has 198 valence electrons. The van der Waals surface area contributed by atoms with Gasteiger partial charge in [0, 0.05) is 12.1 Å². The molecular formula is C30H36FNO5. The zero-order valence-corrected chi connectivity index (χ0v) is 22.0. The summed E-state index contributed by atoms with van der Waals surface area (Å²) >= 11 is 0. The van der Waals surface area contributed by atoms with Crippen molar-refractivity contribution < 1.29 is 28.9 Å². The number of nitrogens with one attached hydrogen (secondary N) is 1. The molecule has 0 radical (unpaired) electrons. The van der Waals surface area contributed by atoms with Gasteiger partial charge in [0.2, 0.25) is 0 Å². The van der Waals surface area contributed by atoms with Crippen LogP contribution in [-0.4, -0.2) is 41.2 Å². The average Bonchev–Trinajstić information content (AvgIpc) is 2.84. The quantitative estimate of drug-likeness (QED) is 0.210. The van der Waals surface area contributed by atoms with Gasteiger partial charge in [-0.3, -0.25) is 0 Å². The van der Waals surface area contributed by atoms with Crippen LogP contribution in [0.15, 0.2) is 60.7 Å². The first-order chi connectivity index (χ1) is 17.4. The predicted molar refractivity (Wildman–Crippen MR) is 143 cm³/mol. The SMILES string of the molecule is Cc1ccc(CC(C)(C)NC[C@@H](O)COC(C)c2ccccc2-c2ccc(OC(=O)O)c(C)c2)cc1F. The van der Waals surface area contributed by atoms with Crippen LogP contribution in [0.1, 0.15) is 49.1 Å². The van der Waals surface area contributed by atoms with Crippen LogP contribution in [0.3, 0.4) is 0 Å². The van der Waals surface area contributed by atoms with Gasteiger partial charge in [0.05, 0.1) is 18.8 Å². The van der Waals surface area contributed by atoms with Crippen LogP contribution >= 0.6 is 0 Å². The van der Waals surface area contributed by atoms with Crippen molar-refractivity contribution in [3.05, 3.63) is 88.7 Å². The molecule has 6 nitrogen and oxygen atoms in total. The first-order valence-electron chi connectivity index (χ1n) is 12.4. The summed E-state index contributed by atoms with van der Waals surface area (Å²) < 4.78 is 24.7. The highest BCUT2D eigenvalue weighted by molar-refractivity contribution is 5.70. The molecule has 3 aromatic carbocycles. The smallest absolute Gasteiger partial charge is 0.449 e. The van der Waals surface area contributed by atoms with Crippen molar-refractivity contribution >= 4 is 6.16 Å². The Morgan fingerprint density at radius 2 is 1.78 bits per heavy atom. The van der Waals surface area contributed by atoms with Crippen LogP contribution in [0.2, 0.25) is 0 Å². The molecule has 37 heavy (non-hydrogen) atoms. The first-order valence-corrected chi connectivity index (χ1v) is 12.4. The minimum absolute atomic E-state index is 0.141. The molecule has 1 unspecified atom stereocenters. The lowest BCUT2D eigenvalue weighted by molar-refractivity contribution is -0.00397. The zero-order chi connectivity index (χ0) is 27.2. The number of aliphatic hydroxyl groups is 1. The maximum atomic E-state index is 13.9. The molecule has 0 amide bonds. The van der Waals surface area contributed by atoms with E-state index in [0.717, 1.165) is 22.3 Å². The monoisotopic (exact) mass is 509 g/mol. The average molecular weight is 510 g/mol. The summed E-state index contributed by atoms with van der Waals surface area (Å²) in [7, 11) is 0. The Morgan fingerprint density at radius 1 is 1.05 bits per heavy atom. The number of benzene rings is 3. The number of rotatable bonds is 11. The number of hydrogen-bond acceptors (Lipinski definition) is 5. The lowest BCUT2D eigenvalue weighted by atomic mass is 9.94. The van der Waals surface area contributed by atoms with Gasteiger partial charge in [-0.1, -0.05) is 42.5 Å². The fourth-order valence-corrected chi connectivity index (χ4v) is 4.26. The van der Waals surface area contributed by atoms with Crippen molar-refractivity contribution in [1.82, 2.24) is 5.32 Å². The maximum Gasteiger partial charge on any atom is 0.511 e. The molecule has 0 saturated heterocycles. The highest BCUT2D eigenvalue weighted by Gasteiger charge is 2.21. The second-order valence-electron chi connectivity index (χ2n) is 10.1. The number of β-amino-alcohol motifs (C(OH)–C–C–N with tert-alkyl or cyclic N) is 1. The molecule has 0 aliphatic carbocycles. The third-order valence-electron chi connectivity index (χ3n) is 6.32. The van der Waals surface area contributed by atoms with E-state index in [1.807, 2.05) is 63.2 Å². The first kappa shape index (κ1) is 28.3. The third kappa shape index (κ3) is 8.12. The second-order valence-corrected chi connectivity index (χ2v) is 10.1. The molecule has 3 rings (SSSR count). The van der Waals surface area contributed by atoms with Gasteiger partial charge in [-0.15, -0.1) is 0 Å². The van der Waals surface area contributed by atoms with Crippen LogP contribution in [0, 0.1) is 19.7 Å². The molecule has 0 aliphatic rings. The van der Waals surface area contributed by atoms with Crippen molar-refractivity contribution in [1.29, 1.82) is 0 Å². The van der Waals surface area contributed by atoms with Gasteiger partial charge in [-0.25, -0.2) is 9.18 Å². The van der Waals surface area contributed by atoms with Crippen molar-refractivity contribution in [3.63, 3.8) is 0 Å². The summed E-state index contributed by atoms with van der Waals surface area (Å²) in [4.78, 5) is 10.9. The van der Waals surface area contributed by atoms with Crippen molar-refractivity contribution in [2.75, 3.05) is 13.2 Å². The Bertz CT molecular complexity index is 1230. The summed E-state index contributed by atoms with van der Waals surface area (Å²) in [5.74, 6) is 0.0831. The second kappa shape index (κ2) is 12.3. The van der Waals surface area contributed by atoms with Gasteiger partial charge in [0.25, 0.3) is 0 Å². The van der Waals surface area contributed by atoms with Gasteiger partial charge < -0.3 is 25.0 Å². The van der Waals surface area contributed by atoms with Crippen molar-refractivity contribution in [2.24, 2.45) is 0 Å². The largest absolute Gasteiger partial charge is 0.511 e. The van der Waals surface area contributed by atoms with E-state index in [-0.39, 0.29) is 24.1 Å². The summed E-state index contributed by atoms with van der Waals surface area (Å²) in [6.07, 6.45) is -1.74. The van der Waals surface area contributed by atoms with E-state index >= 15 is 0 Å².